The van der Waals surface area contributed by atoms with Crippen LogP contribution in [0, 0.1) is 0 Å². The van der Waals surface area contributed by atoms with Gasteiger partial charge in [0, 0.05) is 130 Å². The van der Waals surface area contributed by atoms with Crippen LogP contribution in [0.1, 0.15) is 49.9 Å². The van der Waals surface area contributed by atoms with Crippen molar-refractivity contribution in [2.45, 2.75) is 38.5 Å². The lowest BCUT2D eigenvalue weighted by atomic mass is 9.81. The average Bonchev–Trinajstić information content (AvgIpc) is 1.56. The first-order chi connectivity index (χ1) is 66.4. The van der Waals surface area contributed by atoms with Crippen molar-refractivity contribution in [3.05, 3.63) is 429 Å². The van der Waals surface area contributed by atoms with Crippen molar-refractivity contribution in [1.29, 1.82) is 0 Å². The second-order valence-corrected chi connectivity index (χ2v) is 37.5. The second kappa shape index (κ2) is 28.1. The first-order valence-electron chi connectivity index (χ1n) is 46.4. The average molecular weight is 1730 g/mol. The summed E-state index contributed by atoms with van der Waals surface area (Å²) in [5.41, 5.74) is 39.0. The molecule has 0 spiro atoms. The Morgan fingerprint density at radius 2 is 0.444 bits per heavy atom. The second-order valence-electron chi connectivity index (χ2n) is 37.5. The molecule has 9 heteroatoms. The molecule has 2 aliphatic carbocycles. The molecule has 2 aliphatic rings. The summed E-state index contributed by atoms with van der Waals surface area (Å²) in [7, 11) is 0. The maximum absolute atomic E-state index is 6.44. The van der Waals surface area contributed by atoms with Crippen molar-refractivity contribution in [2.75, 3.05) is 0 Å². The van der Waals surface area contributed by atoms with Gasteiger partial charge in [0.15, 0.2) is 0 Å². The Hall–Kier alpha value is -17.4. The van der Waals surface area contributed by atoms with Gasteiger partial charge in [-0.25, -0.2) is 0 Å². The maximum atomic E-state index is 6.44. The molecule has 0 N–H and O–H groups in total. The third-order valence-corrected chi connectivity index (χ3v) is 29.6. The Labute approximate surface area is 771 Å². The minimum absolute atomic E-state index is 0.171. The van der Waals surface area contributed by atoms with Crippen LogP contribution in [-0.2, 0) is 10.8 Å². The molecular formula is C126H79N3O6. The van der Waals surface area contributed by atoms with Crippen molar-refractivity contribution in [3.63, 3.8) is 0 Å². The van der Waals surface area contributed by atoms with Gasteiger partial charge in [0.1, 0.15) is 67.0 Å². The van der Waals surface area contributed by atoms with Crippen molar-refractivity contribution >= 4 is 197 Å². The molecule has 0 radical (unpaired) electrons. The fraction of sp³-hybridized carbons (Fsp3) is 0.0476. The molecule has 9 heterocycles. The van der Waals surface area contributed by atoms with E-state index in [2.05, 4.69) is 393 Å². The summed E-state index contributed by atoms with van der Waals surface area (Å²) in [6.45, 7) is 9.45. The van der Waals surface area contributed by atoms with Crippen molar-refractivity contribution in [1.82, 2.24) is 13.7 Å². The van der Waals surface area contributed by atoms with E-state index in [0.29, 0.717) is 0 Å². The van der Waals surface area contributed by atoms with Crippen LogP contribution in [0.2, 0.25) is 0 Å². The van der Waals surface area contributed by atoms with Gasteiger partial charge in [0.25, 0.3) is 0 Å². The fourth-order valence-corrected chi connectivity index (χ4v) is 23.3. The van der Waals surface area contributed by atoms with Gasteiger partial charge in [-0.2, -0.15) is 0 Å². The molecular weight excluding hydrogens is 1650 g/mol. The van der Waals surface area contributed by atoms with E-state index >= 15 is 0 Å². The zero-order chi connectivity index (χ0) is 89.0. The standard InChI is InChI=1S/2C45H29NO2.C36H21NO2/c1-45(2)35-24-26(28-13-9-14-32-31-10-4-7-16-39(31)48-44(28)32)18-20-29(35)30-21-19-27(25-36(30)45)46-37-15-6-3-11-33(37)42-38(46)22-23-41-43(42)34-12-5-8-17-40(34)47-41;1-45(2)35-24-27(26-16-21-41-34(23-26)31-9-4-7-13-39(31)47-41)15-18-29(35)30-19-17-28(25-36(30)45)46-37-12-6-3-10-32(37)43-38(46)20-22-42-44(43)33-11-5-8-14-40(33)48-42;1-4-10-29-26(8-1)35-30(18-20-34-36(35)27-9-3-6-12-32(27)39-34)37(29)24-16-13-22(14-17-24)23-15-19-33-28(21-23)25-7-2-5-11-31(25)38-33/h2*3-25H,1-2H3;1-21H. The Balaban J connectivity index is 0.0000000990. The number of nitrogens with zero attached hydrogens (tertiary/aromatic N) is 3. The Kier molecular flexibility index (Phi) is 15.7. The predicted octanol–water partition coefficient (Wildman–Crippen LogP) is 35.4. The number of furan rings is 6. The van der Waals surface area contributed by atoms with Crippen molar-refractivity contribution < 1.29 is 26.5 Å². The maximum Gasteiger partial charge on any atom is 0.143 e. The molecule has 0 fully saturated rings. The largest absolute Gasteiger partial charge is 0.456 e. The molecule has 0 aliphatic heterocycles. The van der Waals surface area contributed by atoms with Gasteiger partial charge in [-0.1, -0.05) is 270 Å². The molecule has 31 rings (SSSR count). The van der Waals surface area contributed by atoms with Crippen LogP contribution in [0.4, 0.5) is 0 Å². The van der Waals surface area contributed by atoms with E-state index in [1.165, 1.54) is 165 Å². The summed E-state index contributed by atoms with van der Waals surface area (Å²) in [6, 6.07) is 145. The van der Waals surface area contributed by atoms with E-state index in [4.69, 9.17) is 26.5 Å². The molecule has 0 bridgehead atoms. The number of benzene rings is 20. The summed E-state index contributed by atoms with van der Waals surface area (Å²) >= 11 is 0. The molecule has 20 aromatic carbocycles. The monoisotopic (exact) mass is 1730 g/mol. The van der Waals surface area contributed by atoms with Crippen LogP contribution in [0.3, 0.4) is 0 Å². The van der Waals surface area contributed by atoms with Gasteiger partial charge in [0.2, 0.25) is 0 Å². The van der Waals surface area contributed by atoms with Crippen LogP contribution in [0.5, 0.6) is 0 Å². The highest BCUT2D eigenvalue weighted by molar-refractivity contribution is 6.31. The minimum atomic E-state index is -0.189. The fourth-order valence-electron chi connectivity index (χ4n) is 23.3. The topological polar surface area (TPSA) is 93.6 Å². The molecule has 634 valence electrons. The molecule has 0 atom stereocenters. The molecule has 0 amide bonds. The first kappa shape index (κ1) is 75.4. The summed E-state index contributed by atoms with van der Waals surface area (Å²) in [5.74, 6) is 0. The van der Waals surface area contributed by atoms with Crippen molar-refractivity contribution in [3.8, 4) is 72.7 Å². The smallest absolute Gasteiger partial charge is 0.143 e. The number of hydrogen-bond acceptors (Lipinski definition) is 6. The number of hydrogen-bond donors (Lipinski definition) is 0. The van der Waals surface area contributed by atoms with Gasteiger partial charge < -0.3 is 40.2 Å². The highest BCUT2D eigenvalue weighted by Gasteiger charge is 2.39. The summed E-state index contributed by atoms with van der Waals surface area (Å²) < 4.78 is 44.7. The van der Waals surface area contributed by atoms with E-state index in [0.717, 1.165) is 127 Å². The molecule has 0 unspecified atom stereocenters. The molecule has 29 aromatic rings. The minimum Gasteiger partial charge on any atom is -0.456 e. The van der Waals surface area contributed by atoms with E-state index < -0.39 is 0 Å². The summed E-state index contributed by atoms with van der Waals surface area (Å²) in [6.07, 6.45) is 0. The lowest BCUT2D eigenvalue weighted by molar-refractivity contribution is 0.659. The summed E-state index contributed by atoms with van der Waals surface area (Å²) in [4.78, 5) is 0. The zero-order valence-corrected chi connectivity index (χ0v) is 74.0. The van der Waals surface area contributed by atoms with Gasteiger partial charge in [-0.3, -0.25) is 0 Å². The predicted molar refractivity (Wildman–Crippen MR) is 557 cm³/mol. The number of para-hydroxylation sites is 10. The molecule has 135 heavy (non-hydrogen) atoms. The quantitative estimate of drug-likeness (QED) is 0.165. The Morgan fingerprint density at radius 1 is 0.163 bits per heavy atom. The molecule has 9 aromatic heterocycles. The van der Waals surface area contributed by atoms with Crippen LogP contribution in [-0.4, -0.2) is 13.7 Å². The van der Waals surface area contributed by atoms with Crippen LogP contribution < -0.4 is 0 Å². The number of aromatic nitrogens is 3. The molecule has 0 saturated heterocycles. The Morgan fingerprint density at radius 3 is 0.881 bits per heavy atom. The lowest BCUT2D eigenvalue weighted by Crippen LogP contribution is -2.15. The Bertz CT molecular complexity index is 10200. The third-order valence-electron chi connectivity index (χ3n) is 29.6. The van der Waals surface area contributed by atoms with Gasteiger partial charge in [-0.15, -0.1) is 0 Å². The SMILES string of the molecule is CC1(C)c2cc(-c3ccc4oc5ccccc5c4c3)ccc2-c2ccc(-n3c4ccccc4c4c5c(ccc43)oc3ccccc35)cc21.CC1(C)c2cc(-c3cccc4c3oc3ccccc34)ccc2-c2ccc(-n3c4ccccc4c4c5c(ccc43)oc3ccccc35)cc21.c1ccc2c(c1)oc1ccc(-c3ccc(-n4c5ccccc5c5c6c(ccc54)oc4ccccc46)cc3)cc12. The highest BCUT2D eigenvalue weighted by Crippen LogP contribution is 2.55. The zero-order valence-electron chi connectivity index (χ0n) is 74.0. The molecule has 0 saturated carbocycles. The van der Waals surface area contributed by atoms with Crippen LogP contribution in [0.25, 0.3) is 270 Å². The van der Waals surface area contributed by atoms with Gasteiger partial charge in [0.05, 0.1) is 33.1 Å². The summed E-state index contributed by atoms with van der Waals surface area (Å²) in [5, 5.41) is 21.3. The van der Waals surface area contributed by atoms with E-state index in [1.54, 1.807) is 0 Å². The highest BCUT2D eigenvalue weighted by atomic mass is 16.3. The van der Waals surface area contributed by atoms with Gasteiger partial charge in [-0.05, 0) is 236 Å². The lowest BCUT2D eigenvalue weighted by Gasteiger charge is -2.23. The first-order valence-corrected chi connectivity index (χ1v) is 46.4. The van der Waals surface area contributed by atoms with E-state index in [9.17, 15) is 0 Å². The number of rotatable bonds is 6. The van der Waals surface area contributed by atoms with E-state index in [-0.39, 0.29) is 10.8 Å². The van der Waals surface area contributed by atoms with E-state index in [1.807, 2.05) is 54.6 Å². The third kappa shape index (κ3) is 10.9. The van der Waals surface area contributed by atoms with Crippen molar-refractivity contribution in [2.24, 2.45) is 0 Å². The molecule has 9 nitrogen and oxygen atoms in total. The van der Waals surface area contributed by atoms with Crippen LogP contribution >= 0.6 is 0 Å². The van der Waals surface area contributed by atoms with Crippen LogP contribution in [0.15, 0.2) is 433 Å². The number of fused-ring (bicyclic) bond motifs is 36. The van der Waals surface area contributed by atoms with Gasteiger partial charge >= 0.3 is 0 Å². The normalized spacial score (nSPS) is 13.3.